The lowest BCUT2D eigenvalue weighted by Gasteiger charge is -2.19. The van der Waals surface area contributed by atoms with Crippen LogP contribution in [0.4, 0.5) is 26.3 Å². The Bertz CT molecular complexity index is 221. The molecule has 0 amide bonds. The first-order chi connectivity index (χ1) is 8.99. The molecular formula is C14H24F6. The smallest absolute Gasteiger partial charge is 0.171 e. The van der Waals surface area contributed by atoms with Crippen molar-refractivity contribution in [3.63, 3.8) is 0 Å². The summed E-state index contributed by atoms with van der Waals surface area (Å²) in [6.45, 7) is 4.00. The molecule has 0 aliphatic heterocycles. The molecule has 0 aliphatic carbocycles. The molecule has 6 heteroatoms. The number of hydrogen-bond donors (Lipinski definition) is 0. The van der Waals surface area contributed by atoms with Gasteiger partial charge in [-0.1, -0.05) is 39.5 Å². The largest absolute Gasteiger partial charge is 0.389 e. The normalized spacial score (nSPS) is 13.5. The molecule has 0 nitrogen and oxygen atoms in total. The number of rotatable bonds is 9. The van der Waals surface area contributed by atoms with Crippen LogP contribution in [0, 0.1) is 11.8 Å². The van der Waals surface area contributed by atoms with Gasteiger partial charge >= 0.3 is 12.4 Å². The van der Waals surface area contributed by atoms with Gasteiger partial charge in [-0.15, -0.1) is 0 Å². The first-order valence-corrected chi connectivity index (χ1v) is 7.13. The first kappa shape index (κ1) is 19.6. The molecule has 0 rings (SSSR count). The van der Waals surface area contributed by atoms with Crippen molar-refractivity contribution in [3.05, 3.63) is 0 Å². The number of halogens is 6. The monoisotopic (exact) mass is 306 g/mol. The van der Waals surface area contributed by atoms with Gasteiger partial charge < -0.3 is 0 Å². The summed E-state index contributed by atoms with van der Waals surface area (Å²) in [7, 11) is 0. The summed E-state index contributed by atoms with van der Waals surface area (Å²) in [5.41, 5.74) is 0. The average molecular weight is 306 g/mol. The highest BCUT2D eigenvalue weighted by atomic mass is 19.4. The Morgan fingerprint density at radius 2 is 1.05 bits per heavy atom. The maximum absolute atomic E-state index is 12.1. The van der Waals surface area contributed by atoms with E-state index in [1.54, 1.807) is 0 Å². The van der Waals surface area contributed by atoms with Gasteiger partial charge in [0.15, 0.2) is 0 Å². The topological polar surface area (TPSA) is 0 Å². The lowest BCUT2D eigenvalue weighted by Crippen LogP contribution is -2.11. The van der Waals surface area contributed by atoms with Gasteiger partial charge in [0.1, 0.15) is 0 Å². The van der Waals surface area contributed by atoms with Gasteiger partial charge in [0, 0.05) is 12.8 Å². The van der Waals surface area contributed by atoms with Gasteiger partial charge in [0.05, 0.1) is 0 Å². The van der Waals surface area contributed by atoms with E-state index < -0.39 is 25.2 Å². The summed E-state index contributed by atoms with van der Waals surface area (Å²) < 4.78 is 72.5. The van der Waals surface area contributed by atoms with Crippen LogP contribution in [-0.4, -0.2) is 12.4 Å². The fourth-order valence-corrected chi connectivity index (χ4v) is 2.18. The summed E-state index contributed by atoms with van der Waals surface area (Å²) in [4.78, 5) is 0. The molecule has 0 heterocycles. The summed E-state index contributed by atoms with van der Waals surface area (Å²) in [6.07, 6.45) is -7.71. The molecule has 122 valence electrons. The van der Waals surface area contributed by atoms with Gasteiger partial charge in [0.25, 0.3) is 0 Å². The lowest BCUT2D eigenvalue weighted by molar-refractivity contribution is -0.136. The van der Waals surface area contributed by atoms with Gasteiger partial charge in [-0.05, 0) is 24.7 Å². The van der Waals surface area contributed by atoms with Crippen molar-refractivity contribution in [2.45, 2.75) is 77.6 Å². The van der Waals surface area contributed by atoms with Crippen molar-refractivity contribution in [1.29, 1.82) is 0 Å². The minimum atomic E-state index is -4.17. The molecular weight excluding hydrogens is 282 g/mol. The Morgan fingerprint density at radius 1 is 0.650 bits per heavy atom. The van der Waals surface area contributed by atoms with E-state index in [9.17, 15) is 26.3 Å². The van der Waals surface area contributed by atoms with Crippen molar-refractivity contribution >= 4 is 0 Å². The highest BCUT2D eigenvalue weighted by Crippen LogP contribution is 2.30. The highest BCUT2D eigenvalue weighted by Gasteiger charge is 2.28. The molecule has 0 saturated carbocycles. The second-order valence-corrected chi connectivity index (χ2v) is 5.85. The summed E-state index contributed by atoms with van der Waals surface area (Å²) in [6, 6.07) is 0. The molecule has 0 N–H and O–H groups in total. The van der Waals surface area contributed by atoms with Crippen molar-refractivity contribution in [3.8, 4) is 0 Å². The predicted octanol–water partition coefficient (Wildman–Crippen LogP) is 6.50. The fraction of sp³-hybridized carbons (Fsp3) is 1.00. The molecule has 0 spiro atoms. The maximum atomic E-state index is 12.1. The van der Waals surface area contributed by atoms with Crippen LogP contribution in [0.3, 0.4) is 0 Å². The third-order valence-corrected chi connectivity index (χ3v) is 3.30. The molecule has 20 heavy (non-hydrogen) atoms. The summed E-state index contributed by atoms with van der Waals surface area (Å²) in [5.74, 6) is 0.393. The molecule has 0 bridgehead atoms. The van der Waals surface area contributed by atoms with Crippen LogP contribution in [0.2, 0.25) is 0 Å². The zero-order chi connectivity index (χ0) is 15.8. The van der Waals surface area contributed by atoms with Gasteiger partial charge in [-0.3, -0.25) is 0 Å². The fourth-order valence-electron chi connectivity index (χ4n) is 2.18. The van der Waals surface area contributed by atoms with E-state index in [1.165, 1.54) is 0 Å². The van der Waals surface area contributed by atoms with Crippen LogP contribution in [0.15, 0.2) is 0 Å². The second-order valence-electron chi connectivity index (χ2n) is 5.85. The van der Waals surface area contributed by atoms with E-state index in [1.807, 2.05) is 13.8 Å². The standard InChI is InChI=1S/C14H24F6/c1-11(2)7-8-12(5-3-9-13(15,16)17)6-4-10-14(18,19)20/h11-12H,3-10H2,1-2H3. The average Bonchev–Trinajstić information content (AvgIpc) is 2.21. The Morgan fingerprint density at radius 3 is 1.35 bits per heavy atom. The number of alkyl halides is 6. The van der Waals surface area contributed by atoms with E-state index >= 15 is 0 Å². The maximum Gasteiger partial charge on any atom is 0.389 e. The molecule has 0 aromatic heterocycles. The van der Waals surface area contributed by atoms with Crippen molar-refractivity contribution < 1.29 is 26.3 Å². The van der Waals surface area contributed by atoms with Gasteiger partial charge in [0.2, 0.25) is 0 Å². The molecule has 0 aliphatic rings. The molecule has 0 saturated heterocycles. The van der Waals surface area contributed by atoms with Crippen LogP contribution >= 0.6 is 0 Å². The molecule has 0 atom stereocenters. The van der Waals surface area contributed by atoms with Crippen LogP contribution in [-0.2, 0) is 0 Å². The Hall–Kier alpha value is -0.420. The molecule has 0 aromatic carbocycles. The predicted molar refractivity (Wildman–Crippen MR) is 67.4 cm³/mol. The zero-order valence-corrected chi connectivity index (χ0v) is 12.1. The zero-order valence-electron chi connectivity index (χ0n) is 12.1. The Balaban J connectivity index is 4.06. The third-order valence-electron chi connectivity index (χ3n) is 3.30. The first-order valence-electron chi connectivity index (χ1n) is 7.13. The SMILES string of the molecule is CC(C)CCC(CCCC(F)(F)F)CCCC(F)(F)F. The molecule has 0 fully saturated rings. The van der Waals surface area contributed by atoms with E-state index in [0.29, 0.717) is 25.2 Å². The van der Waals surface area contributed by atoms with Crippen molar-refractivity contribution in [2.24, 2.45) is 11.8 Å². The third kappa shape index (κ3) is 14.0. The Labute approximate surface area is 116 Å². The van der Waals surface area contributed by atoms with Crippen LogP contribution in [0.5, 0.6) is 0 Å². The summed E-state index contributed by atoms with van der Waals surface area (Å²) in [5, 5.41) is 0. The molecule has 0 unspecified atom stereocenters. The van der Waals surface area contributed by atoms with Gasteiger partial charge in [-0.25, -0.2) is 0 Å². The van der Waals surface area contributed by atoms with E-state index in [-0.39, 0.29) is 18.8 Å². The molecule has 0 radical (unpaired) electrons. The van der Waals surface area contributed by atoms with E-state index in [0.717, 1.165) is 6.42 Å². The van der Waals surface area contributed by atoms with Gasteiger partial charge in [-0.2, -0.15) is 26.3 Å². The second kappa shape index (κ2) is 8.78. The van der Waals surface area contributed by atoms with E-state index in [2.05, 4.69) is 0 Å². The summed E-state index contributed by atoms with van der Waals surface area (Å²) >= 11 is 0. The van der Waals surface area contributed by atoms with Crippen molar-refractivity contribution in [2.75, 3.05) is 0 Å². The van der Waals surface area contributed by atoms with E-state index in [4.69, 9.17) is 0 Å². The minimum Gasteiger partial charge on any atom is -0.171 e. The van der Waals surface area contributed by atoms with Crippen LogP contribution in [0.25, 0.3) is 0 Å². The highest BCUT2D eigenvalue weighted by molar-refractivity contribution is 4.65. The quantitative estimate of drug-likeness (QED) is 0.426. The Kier molecular flexibility index (Phi) is 8.59. The minimum absolute atomic E-state index is 0.0122. The molecule has 0 aromatic rings. The number of hydrogen-bond acceptors (Lipinski definition) is 0. The van der Waals surface area contributed by atoms with Crippen LogP contribution < -0.4 is 0 Å². The van der Waals surface area contributed by atoms with Crippen LogP contribution in [0.1, 0.15) is 65.2 Å². The lowest BCUT2D eigenvalue weighted by atomic mass is 9.89. The van der Waals surface area contributed by atoms with Crippen molar-refractivity contribution in [1.82, 2.24) is 0 Å².